The van der Waals surface area contributed by atoms with Gasteiger partial charge >= 0.3 is 0 Å². The molecule has 3 aromatic rings. The van der Waals surface area contributed by atoms with Gasteiger partial charge in [0.25, 0.3) is 11.7 Å². The van der Waals surface area contributed by atoms with Crippen molar-refractivity contribution in [3.63, 3.8) is 0 Å². The molecule has 1 amide bonds. The molecule has 2 N–H and O–H groups in total. The largest absolute Gasteiger partial charge is 0.507 e. The first-order chi connectivity index (χ1) is 15.0. The highest BCUT2D eigenvalue weighted by atomic mass is 16.5. The van der Waals surface area contributed by atoms with E-state index in [0.29, 0.717) is 25.1 Å². The molecule has 6 nitrogen and oxygen atoms in total. The van der Waals surface area contributed by atoms with Gasteiger partial charge in [-0.25, -0.2) is 0 Å². The smallest absolute Gasteiger partial charge is 0.295 e. The third kappa shape index (κ3) is 3.99. The van der Waals surface area contributed by atoms with Crippen LogP contribution in [0, 0.1) is 0 Å². The number of benzene rings is 2. The molecule has 0 radical (unpaired) electrons. The van der Waals surface area contributed by atoms with Gasteiger partial charge in [0.15, 0.2) is 0 Å². The molecule has 1 aliphatic heterocycles. The van der Waals surface area contributed by atoms with Gasteiger partial charge in [0.05, 0.1) is 17.7 Å². The molecule has 160 valence electrons. The molecule has 6 heteroatoms. The summed E-state index contributed by atoms with van der Waals surface area (Å²) in [5, 5.41) is 12.0. The van der Waals surface area contributed by atoms with Crippen LogP contribution in [0.3, 0.4) is 0 Å². The van der Waals surface area contributed by atoms with Crippen molar-refractivity contribution in [2.75, 3.05) is 13.2 Å². The second kappa shape index (κ2) is 8.78. The second-order valence-electron chi connectivity index (χ2n) is 7.92. The third-order valence-corrected chi connectivity index (χ3v) is 5.49. The molecule has 0 spiro atoms. The van der Waals surface area contributed by atoms with Crippen molar-refractivity contribution in [1.29, 1.82) is 0 Å². The number of nitrogens with zero attached hydrogens (tertiary/aromatic N) is 1. The molecule has 0 bridgehead atoms. The number of carbonyl (C=O) groups excluding carboxylic acids is 2. The summed E-state index contributed by atoms with van der Waals surface area (Å²) >= 11 is 0. The molecule has 2 heterocycles. The van der Waals surface area contributed by atoms with Crippen LogP contribution < -0.4 is 0 Å². The van der Waals surface area contributed by atoms with Crippen LogP contribution in [0.1, 0.15) is 37.4 Å². The van der Waals surface area contributed by atoms with Gasteiger partial charge in [0.2, 0.25) is 0 Å². The predicted molar refractivity (Wildman–Crippen MR) is 119 cm³/mol. The molecule has 0 saturated carbocycles. The van der Waals surface area contributed by atoms with Crippen molar-refractivity contribution in [1.82, 2.24) is 9.88 Å². The van der Waals surface area contributed by atoms with Crippen molar-refractivity contribution in [3.8, 4) is 0 Å². The average Bonchev–Trinajstić information content (AvgIpc) is 3.31. The molecule has 1 unspecified atom stereocenters. The van der Waals surface area contributed by atoms with Crippen LogP contribution >= 0.6 is 0 Å². The maximum Gasteiger partial charge on any atom is 0.295 e. The minimum Gasteiger partial charge on any atom is -0.507 e. The van der Waals surface area contributed by atoms with E-state index < -0.39 is 17.7 Å². The van der Waals surface area contributed by atoms with E-state index in [1.807, 2.05) is 68.4 Å². The van der Waals surface area contributed by atoms with Crippen LogP contribution in [0.4, 0.5) is 0 Å². The Morgan fingerprint density at radius 2 is 1.81 bits per heavy atom. The number of hydrogen-bond acceptors (Lipinski definition) is 4. The Kier molecular flexibility index (Phi) is 5.91. The monoisotopic (exact) mass is 418 g/mol. The van der Waals surface area contributed by atoms with Crippen molar-refractivity contribution in [2.45, 2.75) is 32.4 Å². The van der Waals surface area contributed by atoms with Crippen molar-refractivity contribution >= 4 is 28.4 Å². The molecule has 2 aromatic carbocycles. The van der Waals surface area contributed by atoms with E-state index in [2.05, 4.69) is 4.98 Å². The quantitative estimate of drug-likeness (QED) is 0.258. The number of rotatable bonds is 7. The van der Waals surface area contributed by atoms with Gasteiger partial charge < -0.3 is 19.7 Å². The number of aliphatic hydroxyl groups is 1. The molecular formula is C25H26N2O4. The number of Topliss-reactive ketones (excluding diaryl/α,β-unsaturated/α-hetero) is 1. The Labute approximate surface area is 181 Å². The lowest BCUT2D eigenvalue weighted by Gasteiger charge is -2.25. The highest BCUT2D eigenvalue weighted by Crippen LogP contribution is 2.40. The first-order valence-electron chi connectivity index (χ1n) is 10.5. The molecule has 1 saturated heterocycles. The summed E-state index contributed by atoms with van der Waals surface area (Å²) in [5.41, 5.74) is 2.26. The Morgan fingerprint density at radius 3 is 2.55 bits per heavy atom. The summed E-state index contributed by atoms with van der Waals surface area (Å²) < 4.78 is 5.60. The summed E-state index contributed by atoms with van der Waals surface area (Å²) in [5.74, 6) is -1.42. The van der Waals surface area contributed by atoms with Crippen molar-refractivity contribution < 1.29 is 19.4 Å². The fraction of sp³-hybridized carbons (Fsp3) is 0.280. The fourth-order valence-electron chi connectivity index (χ4n) is 4.06. The fourth-order valence-corrected chi connectivity index (χ4v) is 4.06. The van der Waals surface area contributed by atoms with E-state index in [0.717, 1.165) is 16.5 Å². The molecule has 1 aromatic heterocycles. The Morgan fingerprint density at radius 1 is 1.10 bits per heavy atom. The summed E-state index contributed by atoms with van der Waals surface area (Å²) in [6.45, 7) is 4.76. The van der Waals surface area contributed by atoms with Crippen LogP contribution in [0.2, 0.25) is 0 Å². The SMILES string of the molecule is CC(C)OCCCN1C(=O)C(=O)/C(=C(\O)c2c[nH]c3ccccc23)C1c1ccccc1. The number of fused-ring (bicyclic) bond motifs is 1. The number of nitrogens with one attached hydrogen (secondary N) is 1. The highest BCUT2D eigenvalue weighted by Gasteiger charge is 2.45. The average molecular weight is 418 g/mol. The minimum atomic E-state index is -0.665. The van der Waals surface area contributed by atoms with Crippen LogP contribution in [-0.4, -0.2) is 45.9 Å². The molecule has 31 heavy (non-hydrogen) atoms. The number of H-pyrrole nitrogens is 1. The van der Waals surface area contributed by atoms with E-state index in [1.165, 1.54) is 0 Å². The Balaban J connectivity index is 1.77. The van der Waals surface area contributed by atoms with Crippen LogP contribution in [0.25, 0.3) is 16.7 Å². The molecule has 1 atom stereocenters. The van der Waals surface area contributed by atoms with Gasteiger partial charge in [-0.1, -0.05) is 48.5 Å². The van der Waals surface area contributed by atoms with Gasteiger partial charge in [-0.05, 0) is 31.9 Å². The molecule has 0 aliphatic carbocycles. The van der Waals surface area contributed by atoms with Gasteiger partial charge in [0.1, 0.15) is 5.76 Å². The van der Waals surface area contributed by atoms with E-state index in [4.69, 9.17) is 4.74 Å². The lowest BCUT2D eigenvalue weighted by Crippen LogP contribution is -2.31. The standard InChI is InChI=1S/C25H26N2O4/c1-16(2)31-14-8-13-27-22(17-9-4-3-5-10-17)21(24(29)25(27)30)23(28)19-15-26-20-12-7-6-11-18(19)20/h3-7,9-12,15-16,22,26,28H,8,13-14H2,1-2H3/b23-21-. The van der Waals surface area contributed by atoms with Gasteiger partial charge in [0, 0.05) is 35.8 Å². The summed E-state index contributed by atoms with van der Waals surface area (Å²) in [6.07, 6.45) is 2.37. The first-order valence-corrected chi connectivity index (χ1v) is 10.5. The third-order valence-electron chi connectivity index (χ3n) is 5.49. The zero-order chi connectivity index (χ0) is 22.0. The lowest BCUT2D eigenvalue weighted by atomic mass is 9.95. The number of aromatic amines is 1. The second-order valence-corrected chi connectivity index (χ2v) is 7.92. The predicted octanol–water partition coefficient (Wildman–Crippen LogP) is 4.40. The summed E-state index contributed by atoms with van der Waals surface area (Å²) in [6, 6.07) is 16.2. The zero-order valence-corrected chi connectivity index (χ0v) is 17.7. The van der Waals surface area contributed by atoms with E-state index in [1.54, 1.807) is 11.1 Å². The normalized spacial score (nSPS) is 18.4. The lowest BCUT2D eigenvalue weighted by molar-refractivity contribution is -0.140. The number of hydrogen-bond donors (Lipinski definition) is 2. The van der Waals surface area contributed by atoms with Gasteiger partial charge in [-0.3, -0.25) is 9.59 Å². The number of para-hydroxylation sites is 1. The number of ketones is 1. The summed E-state index contributed by atoms with van der Waals surface area (Å²) in [4.78, 5) is 30.7. The van der Waals surface area contributed by atoms with Crippen LogP contribution in [-0.2, 0) is 14.3 Å². The van der Waals surface area contributed by atoms with Gasteiger partial charge in [-0.2, -0.15) is 0 Å². The zero-order valence-electron chi connectivity index (χ0n) is 17.7. The van der Waals surface area contributed by atoms with Crippen LogP contribution in [0.15, 0.2) is 66.4 Å². The maximum absolute atomic E-state index is 13.1. The molecule has 1 fully saturated rings. The number of aliphatic hydroxyl groups excluding tert-OH is 1. The van der Waals surface area contributed by atoms with E-state index >= 15 is 0 Å². The molecular weight excluding hydrogens is 392 g/mol. The number of ether oxygens (including phenoxy) is 1. The van der Waals surface area contributed by atoms with Crippen molar-refractivity contribution in [3.05, 3.63) is 77.5 Å². The topological polar surface area (TPSA) is 82.6 Å². The number of amides is 1. The van der Waals surface area contributed by atoms with E-state index in [-0.39, 0.29) is 17.4 Å². The van der Waals surface area contributed by atoms with E-state index in [9.17, 15) is 14.7 Å². The minimum absolute atomic E-state index is 0.0993. The molecule has 1 aliphatic rings. The number of aromatic nitrogens is 1. The highest BCUT2D eigenvalue weighted by molar-refractivity contribution is 6.46. The van der Waals surface area contributed by atoms with Crippen LogP contribution in [0.5, 0.6) is 0 Å². The van der Waals surface area contributed by atoms with Gasteiger partial charge in [-0.15, -0.1) is 0 Å². The summed E-state index contributed by atoms with van der Waals surface area (Å²) in [7, 11) is 0. The number of carbonyl (C=O) groups is 2. The Bertz CT molecular complexity index is 1130. The molecule has 4 rings (SSSR count). The number of likely N-dealkylation sites (tertiary alicyclic amines) is 1. The first kappa shape index (κ1) is 20.9. The Hall–Kier alpha value is -3.38. The van der Waals surface area contributed by atoms with Crippen molar-refractivity contribution in [2.24, 2.45) is 0 Å². The maximum atomic E-state index is 13.1.